The highest BCUT2D eigenvalue weighted by Gasteiger charge is 2.36. The maximum Gasteiger partial charge on any atom is 0.233 e. The lowest BCUT2D eigenvalue weighted by Crippen LogP contribution is -2.52. The van der Waals surface area contributed by atoms with Crippen molar-refractivity contribution in [2.24, 2.45) is 17.3 Å². The quantitative estimate of drug-likeness (QED) is 0.169. The predicted molar refractivity (Wildman–Crippen MR) is 143 cm³/mol. The topological polar surface area (TPSA) is 113 Å². The number of benzene rings is 1. The molecule has 1 heterocycles. The van der Waals surface area contributed by atoms with Crippen molar-refractivity contribution in [1.29, 1.82) is 0 Å². The van der Waals surface area contributed by atoms with E-state index in [0.29, 0.717) is 35.9 Å². The summed E-state index contributed by atoms with van der Waals surface area (Å²) in [6, 6.07) is 6.80. The molecule has 2 aliphatic rings. The molecule has 0 radical (unpaired) electrons. The summed E-state index contributed by atoms with van der Waals surface area (Å²) in [6.45, 7) is 10.0. The molecular weight excluding hydrogens is 472 g/mol. The number of amides is 2. The van der Waals surface area contributed by atoms with Crippen LogP contribution >= 0.6 is 0 Å². The van der Waals surface area contributed by atoms with Gasteiger partial charge >= 0.3 is 0 Å². The van der Waals surface area contributed by atoms with Crippen LogP contribution in [0.2, 0.25) is 0 Å². The summed E-state index contributed by atoms with van der Waals surface area (Å²) >= 11 is 0. The van der Waals surface area contributed by atoms with Gasteiger partial charge < -0.3 is 15.3 Å². The first kappa shape index (κ1) is 29.1. The monoisotopic (exact) mass is 516 g/mol. The van der Waals surface area contributed by atoms with Gasteiger partial charge in [0.05, 0.1) is 25.1 Å². The Labute approximate surface area is 220 Å². The van der Waals surface area contributed by atoms with Gasteiger partial charge in [0.2, 0.25) is 12.3 Å². The zero-order chi connectivity index (χ0) is 27.0. The number of Topliss-reactive ketones (excluding diaryl/α,β-unsaturated/α-hetero) is 1. The van der Waals surface area contributed by atoms with E-state index in [9.17, 15) is 19.6 Å². The third-order valence-electron chi connectivity index (χ3n) is 7.71. The molecule has 3 N–H and O–H groups in total. The third kappa shape index (κ3) is 8.25. The smallest absolute Gasteiger partial charge is 0.233 e. The predicted octanol–water partition coefficient (Wildman–Crippen LogP) is 2.56. The molecule has 3 rings (SSSR count). The second kappa shape index (κ2) is 13.3. The number of hydrogen-bond acceptors (Lipinski definition) is 7. The number of carbonyl (C=O) groups excluding carboxylic acids is 3. The number of anilines is 1. The zero-order valence-electron chi connectivity index (χ0n) is 22.6. The van der Waals surface area contributed by atoms with Crippen LogP contribution in [0, 0.1) is 17.3 Å². The van der Waals surface area contributed by atoms with Crippen molar-refractivity contribution in [3.05, 3.63) is 29.8 Å². The van der Waals surface area contributed by atoms with Crippen molar-refractivity contribution in [1.82, 2.24) is 15.3 Å². The van der Waals surface area contributed by atoms with Crippen molar-refractivity contribution in [3.63, 3.8) is 0 Å². The zero-order valence-corrected chi connectivity index (χ0v) is 22.6. The fourth-order valence-corrected chi connectivity index (χ4v) is 5.49. The summed E-state index contributed by atoms with van der Waals surface area (Å²) in [6.07, 6.45) is 5.25. The molecule has 0 aromatic heterocycles. The molecular formula is C28H44N4O5. The largest absolute Gasteiger partial charge is 0.395 e. The number of hydrogen-bond donors (Lipinski definition) is 3. The van der Waals surface area contributed by atoms with Gasteiger partial charge in [0.15, 0.2) is 5.78 Å². The molecule has 1 aliphatic carbocycles. The Hall–Kier alpha value is -2.49. The molecule has 1 saturated heterocycles. The van der Waals surface area contributed by atoms with E-state index in [4.69, 9.17) is 5.11 Å². The average Bonchev–Trinajstić information content (AvgIpc) is 3.39. The first-order chi connectivity index (χ1) is 17.6. The summed E-state index contributed by atoms with van der Waals surface area (Å²) in [5.74, 6) is -0.657. The lowest BCUT2D eigenvalue weighted by atomic mass is 9.81. The molecule has 1 aliphatic heterocycles. The molecule has 1 saturated carbocycles. The Balaban J connectivity index is 1.69. The number of rotatable bonds is 12. The van der Waals surface area contributed by atoms with Crippen LogP contribution in [0.3, 0.4) is 0 Å². The van der Waals surface area contributed by atoms with Gasteiger partial charge in [-0.05, 0) is 42.0 Å². The Morgan fingerprint density at radius 3 is 2.27 bits per heavy atom. The van der Waals surface area contributed by atoms with Crippen molar-refractivity contribution in [3.8, 4) is 0 Å². The Morgan fingerprint density at radius 1 is 1.11 bits per heavy atom. The summed E-state index contributed by atoms with van der Waals surface area (Å²) in [5.41, 5.74) is 1.05. The van der Waals surface area contributed by atoms with E-state index in [2.05, 4.69) is 15.1 Å². The fraction of sp³-hybridized carbons (Fsp3) is 0.679. The van der Waals surface area contributed by atoms with Crippen molar-refractivity contribution >= 4 is 23.8 Å². The number of nitrogens with zero attached hydrogens (tertiary/aromatic N) is 3. The van der Waals surface area contributed by atoms with Gasteiger partial charge in [0, 0.05) is 44.0 Å². The second-order valence-corrected chi connectivity index (χ2v) is 11.6. The number of nitrogens with one attached hydrogen (secondary N) is 1. The minimum Gasteiger partial charge on any atom is -0.395 e. The fourth-order valence-electron chi connectivity index (χ4n) is 5.49. The van der Waals surface area contributed by atoms with Gasteiger partial charge in [0.1, 0.15) is 0 Å². The Kier molecular flexibility index (Phi) is 10.5. The Morgan fingerprint density at radius 2 is 1.73 bits per heavy atom. The normalized spacial score (nSPS) is 18.9. The van der Waals surface area contributed by atoms with Crippen LogP contribution in [-0.4, -0.2) is 90.3 Å². The first-order valence-electron chi connectivity index (χ1n) is 13.6. The molecule has 1 aromatic rings. The van der Waals surface area contributed by atoms with E-state index in [-0.39, 0.29) is 24.8 Å². The molecule has 9 heteroatoms. The highest BCUT2D eigenvalue weighted by atomic mass is 16.5. The van der Waals surface area contributed by atoms with Gasteiger partial charge in [-0.3, -0.25) is 24.5 Å². The summed E-state index contributed by atoms with van der Waals surface area (Å²) < 4.78 is 0. The van der Waals surface area contributed by atoms with Crippen LogP contribution in [0.25, 0.3) is 0 Å². The first-order valence-corrected chi connectivity index (χ1v) is 13.6. The molecule has 37 heavy (non-hydrogen) atoms. The lowest BCUT2D eigenvalue weighted by Gasteiger charge is -2.36. The Bertz CT molecular complexity index is 887. The van der Waals surface area contributed by atoms with Crippen LogP contribution in [0.4, 0.5) is 5.69 Å². The highest BCUT2D eigenvalue weighted by molar-refractivity contribution is 6.02. The summed E-state index contributed by atoms with van der Waals surface area (Å²) in [5, 5.41) is 22.4. The van der Waals surface area contributed by atoms with Gasteiger partial charge in [-0.15, -0.1) is 0 Å². The van der Waals surface area contributed by atoms with E-state index in [1.165, 1.54) is 0 Å². The minimum atomic E-state index is -0.748. The average molecular weight is 517 g/mol. The maximum atomic E-state index is 13.6. The van der Waals surface area contributed by atoms with Crippen LogP contribution in [-0.2, 0) is 9.59 Å². The number of ketones is 1. The van der Waals surface area contributed by atoms with Crippen molar-refractivity contribution in [2.45, 2.75) is 58.9 Å². The van der Waals surface area contributed by atoms with E-state index in [0.717, 1.165) is 57.5 Å². The lowest BCUT2D eigenvalue weighted by molar-refractivity contribution is -0.155. The van der Waals surface area contributed by atoms with Crippen LogP contribution < -0.4 is 10.2 Å². The molecule has 2 amide bonds. The van der Waals surface area contributed by atoms with Crippen LogP contribution in [0.5, 0.6) is 0 Å². The molecule has 1 aromatic carbocycles. The molecule has 9 nitrogen and oxygen atoms in total. The van der Waals surface area contributed by atoms with E-state index < -0.39 is 17.4 Å². The van der Waals surface area contributed by atoms with E-state index in [1.54, 1.807) is 0 Å². The molecule has 206 valence electrons. The maximum absolute atomic E-state index is 13.6. The number of carbonyl (C=O) groups is 3. The highest BCUT2D eigenvalue weighted by Crippen LogP contribution is 2.31. The number of piperazine rings is 1. The van der Waals surface area contributed by atoms with Crippen molar-refractivity contribution < 1.29 is 24.7 Å². The molecule has 2 atom stereocenters. The molecule has 0 bridgehead atoms. The van der Waals surface area contributed by atoms with Gasteiger partial charge in [0.25, 0.3) is 0 Å². The second-order valence-electron chi connectivity index (χ2n) is 11.6. The van der Waals surface area contributed by atoms with E-state index >= 15 is 0 Å². The van der Waals surface area contributed by atoms with Gasteiger partial charge in [-0.1, -0.05) is 46.5 Å². The minimum absolute atomic E-state index is 0.0862. The van der Waals surface area contributed by atoms with Crippen molar-refractivity contribution in [2.75, 3.05) is 50.8 Å². The SMILES string of the molecule is CC(C)(C)[C@H](NC(=O)[C@H](CC1CCCC1)CN(O)C=O)C(=O)c1ccc(N2CCN(CCO)CC2)cc1. The number of hydroxylamine groups is 2. The summed E-state index contributed by atoms with van der Waals surface area (Å²) in [7, 11) is 0. The molecule has 0 spiro atoms. The van der Waals surface area contributed by atoms with E-state index in [1.807, 2.05) is 45.0 Å². The number of aliphatic hydroxyl groups excluding tert-OH is 1. The number of β-amino-alcohol motifs (C(OH)–C–C–N with tert-alkyl or cyclic N) is 1. The third-order valence-corrected chi connectivity index (χ3v) is 7.71. The van der Waals surface area contributed by atoms with Crippen LogP contribution in [0.15, 0.2) is 24.3 Å². The summed E-state index contributed by atoms with van der Waals surface area (Å²) in [4.78, 5) is 42.5. The van der Waals surface area contributed by atoms with Gasteiger partial charge in [-0.2, -0.15) is 0 Å². The molecule has 0 unspecified atom stereocenters. The number of aliphatic hydroxyl groups is 1. The van der Waals surface area contributed by atoms with Crippen LogP contribution in [0.1, 0.15) is 63.2 Å². The van der Waals surface area contributed by atoms with Gasteiger partial charge in [-0.25, -0.2) is 5.06 Å². The molecule has 2 fully saturated rings. The standard InChI is InChI=1S/C28H44N4O5/c1-28(2,3)26(29-27(36)23(19-32(37)20-34)18-21-6-4-5-7-21)25(35)22-8-10-24(11-9-22)31-14-12-30(13-15-31)16-17-33/h8-11,20-21,23,26,33,37H,4-7,12-19H2,1-3H3,(H,29,36)/t23-,26-/m1/s1.